The molecule has 0 aromatic heterocycles. The molecule has 0 heterocycles. The van der Waals surface area contributed by atoms with Crippen LogP contribution in [-0.2, 0) is 9.73 Å². The van der Waals surface area contributed by atoms with Gasteiger partial charge >= 0.3 is 0 Å². The highest BCUT2D eigenvalue weighted by Gasteiger charge is 2.12. The SMILES string of the molecule is CN=S(=O)(C/C=C/C1CCCCC1)c1ccccc1. The van der Waals surface area contributed by atoms with Crippen molar-refractivity contribution in [3.63, 3.8) is 0 Å². The van der Waals surface area contributed by atoms with Crippen molar-refractivity contribution in [3.05, 3.63) is 42.5 Å². The lowest BCUT2D eigenvalue weighted by atomic mass is 9.89. The Morgan fingerprint density at radius 1 is 1.21 bits per heavy atom. The number of rotatable bonds is 4. The first-order chi connectivity index (χ1) is 9.24. The van der Waals surface area contributed by atoms with Crippen molar-refractivity contribution in [2.45, 2.75) is 37.0 Å². The second-order valence-corrected chi connectivity index (χ2v) is 7.58. The van der Waals surface area contributed by atoms with E-state index < -0.39 is 9.73 Å². The first-order valence-electron chi connectivity index (χ1n) is 7.09. The second-order valence-electron chi connectivity index (χ2n) is 5.13. The van der Waals surface area contributed by atoms with Gasteiger partial charge in [-0.3, -0.25) is 0 Å². The molecule has 0 radical (unpaired) electrons. The molecule has 0 spiro atoms. The summed E-state index contributed by atoms with van der Waals surface area (Å²) in [6, 6.07) is 9.60. The van der Waals surface area contributed by atoms with Gasteiger partial charge in [0.05, 0.1) is 15.5 Å². The Kier molecular flexibility index (Phi) is 5.20. The molecule has 3 heteroatoms. The van der Waals surface area contributed by atoms with Crippen LogP contribution in [0.5, 0.6) is 0 Å². The number of allylic oxidation sites excluding steroid dienone is 1. The van der Waals surface area contributed by atoms with Gasteiger partial charge in [-0.05, 0) is 30.9 Å². The first-order valence-corrected chi connectivity index (χ1v) is 8.78. The number of hydrogen-bond donors (Lipinski definition) is 0. The number of nitrogens with zero attached hydrogens (tertiary/aromatic N) is 1. The van der Waals surface area contributed by atoms with Crippen molar-refractivity contribution >= 4 is 9.73 Å². The van der Waals surface area contributed by atoms with Crippen LogP contribution < -0.4 is 0 Å². The zero-order valence-electron chi connectivity index (χ0n) is 11.6. The summed E-state index contributed by atoms with van der Waals surface area (Å²) < 4.78 is 16.9. The van der Waals surface area contributed by atoms with Gasteiger partial charge in [0, 0.05) is 11.9 Å². The lowest BCUT2D eigenvalue weighted by Crippen LogP contribution is -2.06. The Bertz CT molecular complexity index is 521. The number of hydrogen-bond acceptors (Lipinski definition) is 2. The summed E-state index contributed by atoms with van der Waals surface area (Å²) in [4.78, 5) is 0.839. The molecule has 0 amide bonds. The Labute approximate surface area is 117 Å². The molecule has 19 heavy (non-hydrogen) atoms. The molecule has 1 aromatic rings. The molecule has 1 atom stereocenters. The van der Waals surface area contributed by atoms with E-state index in [9.17, 15) is 4.21 Å². The fourth-order valence-electron chi connectivity index (χ4n) is 2.61. The van der Waals surface area contributed by atoms with E-state index in [0.29, 0.717) is 11.7 Å². The van der Waals surface area contributed by atoms with Gasteiger partial charge in [0.1, 0.15) is 0 Å². The van der Waals surface area contributed by atoms with Crippen molar-refractivity contribution < 1.29 is 4.21 Å². The molecule has 0 aliphatic heterocycles. The summed E-state index contributed by atoms with van der Waals surface area (Å²) in [6.07, 6.45) is 10.9. The smallest absolute Gasteiger partial charge is 0.0785 e. The summed E-state index contributed by atoms with van der Waals surface area (Å²) >= 11 is 0. The molecule has 1 aromatic carbocycles. The summed E-state index contributed by atoms with van der Waals surface area (Å²) in [5.41, 5.74) is 0. The van der Waals surface area contributed by atoms with Crippen LogP contribution in [0.25, 0.3) is 0 Å². The van der Waals surface area contributed by atoms with Crippen LogP contribution in [0, 0.1) is 5.92 Å². The van der Waals surface area contributed by atoms with Crippen molar-refractivity contribution in [1.82, 2.24) is 0 Å². The molecule has 1 saturated carbocycles. The van der Waals surface area contributed by atoms with Gasteiger partial charge in [-0.2, -0.15) is 0 Å². The van der Waals surface area contributed by atoms with Gasteiger partial charge in [-0.15, -0.1) is 0 Å². The second kappa shape index (κ2) is 6.90. The maximum Gasteiger partial charge on any atom is 0.0785 e. The van der Waals surface area contributed by atoms with Crippen LogP contribution >= 0.6 is 0 Å². The monoisotopic (exact) mass is 277 g/mol. The summed E-state index contributed by atoms with van der Waals surface area (Å²) in [7, 11) is -0.612. The molecule has 1 unspecified atom stereocenters. The maximum absolute atomic E-state index is 12.8. The van der Waals surface area contributed by atoms with Crippen molar-refractivity contribution in [2.75, 3.05) is 12.8 Å². The zero-order valence-corrected chi connectivity index (χ0v) is 12.4. The van der Waals surface area contributed by atoms with Crippen molar-refractivity contribution in [1.29, 1.82) is 0 Å². The third-order valence-electron chi connectivity index (χ3n) is 3.79. The van der Waals surface area contributed by atoms with E-state index in [-0.39, 0.29) is 0 Å². The first kappa shape index (κ1) is 14.3. The van der Waals surface area contributed by atoms with Gasteiger partial charge in [-0.1, -0.05) is 49.6 Å². The molecule has 0 saturated heterocycles. The third-order valence-corrected chi connectivity index (χ3v) is 6.03. The van der Waals surface area contributed by atoms with E-state index in [4.69, 9.17) is 0 Å². The molecular weight excluding hydrogens is 254 g/mol. The number of benzene rings is 1. The predicted molar refractivity (Wildman–Crippen MR) is 81.8 cm³/mol. The molecule has 1 aliphatic rings. The highest BCUT2D eigenvalue weighted by molar-refractivity contribution is 7.93. The van der Waals surface area contributed by atoms with E-state index >= 15 is 0 Å². The highest BCUT2D eigenvalue weighted by atomic mass is 32.2. The normalized spacial score (nSPS) is 20.3. The van der Waals surface area contributed by atoms with Crippen molar-refractivity contribution in [3.8, 4) is 0 Å². The molecule has 0 N–H and O–H groups in total. The van der Waals surface area contributed by atoms with Crippen molar-refractivity contribution in [2.24, 2.45) is 10.3 Å². The average Bonchev–Trinajstić information content (AvgIpc) is 2.49. The van der Waals surface area contributed by atoms with Gasteiger partial charge in [0.25, 0.3) is 0 Å². The van der Waals surface area contributed by atoms with Crippen LogP contribution in [0.1, 0.15) is 32.1 Å². The molecule has 2 nitrogen and oxygen atoms in total. The summed E-state index contributed by atoms with van der Waals surface area (Å²) in [5, 5.41) is 0. The van der Waals surface area contributed by atoms with Crippen LogP contribution in [0.4, 0.5) is 0 Å². The molecule has 0 bridgehead atoms. The molecule has 2 rings (SSSR count). The zero-order chi connectivity index (χ0) is 13.6. The van der Waals surface area contributed by atoms with Crippen LogP contribution in [0.3, 0.4) is 0 Å². The van der Waals surface area contributed by atoms with E-state index in [2.05, 4.69) is 16.5 Å². The minimum absolute atomic E-state index is 0.532. The summed E-state index contributed by atoms with van der Waals surface area (Å²) in [6.45, 7) is 0. The topological polar surface area (TPSA) is 29.4 Å². The van der Waals surface area contributed by atoms with Crippen LogP contribution in [0.2, 0.25) is 0 Å². The van der Waals surface area contributed by atoms with Gasteiger partial charge < -0.3 is 0 Å². The molecule has 1 fully saturated rings. The van der Waals surface area contributed by atoms with Crippen LogP contribution in [0.15, 0.2) is 51.7 Å². The summed E-state index contributed by atoms with van der Waals surface area (Å²) in [5.74, 6) is 1.22. The lowest BCUT2D eigenvalue weighted by molar-refractivity contribution is 0.419. The van der Waals surface area contributed by atoms with E-state index in [0.717, 1.165) is 4.90 Å². The predicted octanol–water partition coefficient (Wildman–Crippen LogP) is 4.28. The third kappa shape index (κ3) is 3.93. The Hall–Kier alpha value is -1.09. The minimum Gasteiger partial charge on any atom is -0.244 e. The maximum atomic E-state index is 12.8. The fraction of sp³-hybridized carbons (Fsp3) is 0.500. The Balaban J connectivity index is 2.04. The van der Waals surface area contributed by atoms with Gasteiger partial charge in [0.2, 0.25) is 0 Å². The van der Waals surface area contributed by atoms with Crippen LogP contribution in [-0.4, -0.2) is 17.0 Å². The lowest BCUT2D eigenvalue weighted by Gasteiger charge is -2.17. The van der Waals surface area contributed by atoms with Gasteiger partial charge in [-0.25, -0.2) is 8.57 Å². The average molecular weight is 277 g/mol. The Morgan fingerprint density at radius 2 is 1.89 bits per heavy atom. The molecular formula is C16H23NOS. The highest BCUT2D eigenvalue weighted by Crippen LogP contribution is 2.24. The van der Waals surface area contributed by atoms with E-state index in [1.807, 2.05) is 30.3 Å². The molecule has 104 valence electrons. The minimum atomic E-state index is -2.27. The van der Waals surface area contributed by atoms with E-state index in [1.165, 1.54) is 32.1 Å². The largest absolute Gasteiger partial charge is 0.244 e. The Morgan fingerprint density at radius 3 is 2.53 bits per heavy atom. The van der Waals surface area contributed by atoms with E-state index in [1.54, 1.807) is 7.05 Å². The quantitative estimate of drug-likeness (QED) is 0.755. The van der Waals surface area contributed by atoms with Gasteiger partial charge in [0.15, 0.2) is 0 Å². The fourth-order valence-corrected chi connectivity index (χ4v) is 4.12. The standard InChI is InChI=1S/C16H23NOS/c1-17-19(18,16-12-6-3-7-13-16)14-8-11-15-9-4-2-5-10-15/h3,6-8,11-13,15H,2,4-5,9-10,14H2,1H3/b11-8+. The molecule has 1 aliphatic carbocycles.